The molecule has 6 nitrogen and oxygen atoms in total. The van der Waals surface area contributed by atoms with E-state index in [0.717, 1.165) is 61.1 Å². The predicted octanol–water partition coefficient (Wildman–Crippen LogP) is 3.20. The van der Waals surface area contributed by atoms with Gasteiger partial charge < -0.3 is 4.90 Å². The Hall–Kier alpha value is -2.73. The van der Waals surface area contributed by atoms with Crippen LogP contribution in [0.2, 0.25) is 0 Å². The van der Waals surface area contributed by atoms with Gasteiger partial charge in [0.1, 0.15) is 11.0 Å². The second-order valence-corrected chi connectivity index (χ2v) is 8.11. The summed E-state index contributed by atoms with van der Waals surface area (Å²) in [6, 6.07) is 16.2. The molecule has 2 fully saturated rings. The molecular weight excluding hydrogens is 352 g/mol. The van der Waals surface area contributed by atoms with E-state index in [1.807, 2.05) is 42.3 Å². The van der Waals surface area contributed by atoms with E-state index in [2.05, 4.69) is 33.4 Å². The average molecular weight is 376 g/mol. The van der Waals surface area contributed by atoms with Crippen molar-refractivity contribution in [3.05, 3.63) is 59.7 Å². The highest BCUT2D eigenvalue weighted by molar-refractivity contribution is 5.87. The Morgan fingerprint density at radius 3 is 2.64 bits per heavy atom. The summed E-state index contributed by atoms with van der Waals surface area (Å²) >= 11 is 0. The first-order chi connectivity index (χ1) is 13.7. The minimum atomic E-state index is -0.0183. The number of hydrogen-bond donors (Lipinski definition) is 0. The van der Waals surface area contributed by atoms with Crippen LogP contribution in [0, 0.1) is 0 Å². The Bertz CT molecular complexity index is 992. The van der Waals surface area contributed by atoms with Gasteiger partial charge in [-0.15, -0.1) is 0 Å². The van der Waals surface area contributed by atoms with Crippen molar-refractivity contribution in [2.45, 2.75) is 37.3 Å². The van der Waals surface area contributed by atoms with Gasteiger partial charge in [-0.25, -0.2) is 4.63 Å². The molecule has 1 amide bonds. The maximum atomic E-state index is 13.0. The first-order valence-corrected chi connectivity index (χ1v) is 9.91. The van der Waals surface area contributed by atoms with Crippen LogP contribution in [0.4, 0.5) is 0 Å². The smallest absolute Gasteiger partial charge is 0.230 e. The van der Waals surface area contributed by atoms with Gasteiger partial charge in [0.25, 0.3) is 0 Å². The molecule has 0 radical (unpaired) electrons. The Balaban J connectivity index is 1.30. The van der Waals surface area contributed by atoms with Gasteiger partial charge in [-0.1, -0.05) is 42.5 Å². The topological polar surface area (TPSA) is 62.5 Å². The van der Waals surface area contributed by atoms with E-state index < -0.39 is 0 Å². The molecule has 3 heterocycles. The van der Waals surface area contributed by atoms with E-state index in [9.17, 15) is 4.79 Å². The van der Waals surface area contributed by atoms with Gasteiger partial charge in [-0.2, -0.15) is 0 Å². The number of likely N-dealkylation sites (tertiary alicyclic amines) is 2. The van der Waals surface area contributed by atoms with Gasteiger partial charge in [-0.3, -0.25) is 9.69 Å². The fourth-order valence-electron chi connectivity index (χ4n) is 4.91. The van der Waals surface area contributed by atoms with E-state index in [-0.39, 0.29) is 17.4 Å². The number of rotatable bonds is 3. The quantitative estimate of drug-likeness (QED) is 0.702. The van der Waals surface area contributed by atoms with Crippen LogP contribution in [-0.4, -0.2) is 51.7 Å². The zero-order valence-corrected chi connectivity index (χ0v) is 16.0. The highest BCUT2D eigenvalue weighted by atomic mass is 16.6. The Kier molecular flexibility index (Phi) is 4.16. The molecule has 1 unspecified atom stereocenters. The average Bonchev–Trinajstić information content (AvgIpc) is 3.31. The summed E-state index contributed by atoms with van der Waals surface area (Å²) in [5.41, 5.74) is 3.92. The lowest BCUT2D eigenvalue weighted by molar-refractivity contribution is -0.131. The van der Waals surface area contributed by atoms with Crippen molar-refractivity contribution < 1.29 is 9.42 Å². The third-order valence-electron chi connectivity index (χ3n) is 6.68. The Morgan fingerprint density at radius 1 is 1.07 bits per heavy atom. The summed E-state index contributed by atoms with van der Waals surface area (Å²) in [7, 11) is 1.99. The van der Waals surface area contributed by atoms with Crippen molar-refractivity contribution in [1.82, 2.24) is 20.1 Å². The highest BCUT2D eigenvalue weighted by Gasteiger charge is 2.50. The van der Waals surface area contributed by atoms with Crippen LogP contribution < -0.4 is 0 Å². The van der Waals surface area contributed by atoms with Crippen molar-refractivity contribution >= 4 is 16.9 Å². The number of carbonyl (C=O) groups is 1. The molecule has 0 aliphatic carbocycles. The number of benzene rings is 2. The summed E-state index contributed by atoms with van der Waals surface area (Å²) in [6.45, 7) is 2.78. The molecule has 1 atom stereocenters. The van der Waals surface area contributed by atoms with Crippen LogP contribution in [0.15, 0.2) is 53.2 Å². The molecule has 144 valence electrons. The zero-order valence-electron chi connectivity index (χ0n) is 16.0. The number of carbonyl (C=O) groups excluding carboxylic acids is 1. The second-order valence-electron chi connectivity index (χ2n) is 8.11. The summed E-state index contributed by atoms with van der Waals surface area (Å²) in [4.78, 5) is 17.4. The van der Waals surface area contributed by atoms with Crippen molar-refractivity contribution in [3.63, 3.8) is 0 Å². The van der Waals surface area contributed by atoms with Gasteiger partial charge in [-0.05, 0) is 46.8 Å². The number of amides is 1. The fourth-order valence-corrected chi connectivity index (χ4v) is 4.91. The van der Waals surface area contributed by atoms with Crippen molar-refractivity contribution in [2.75, 3.05) is 20.1 Å². The van der Waals surface area contributed by atoms with Gasteiger partial charge >= 0.3 is 0 Å². The van der Waals surface area contributed by atoms with Crippen molar-refractivity contribution in [2.24, 2.45) is 0 Å². The number of fused-ring (bicyclic) bond motifs is 1. The third-order valence-corrected chi connectivity index (χ3v) is 6.68. The van der Waals surface area contributed by atoms with E-state index in [4.69, 9.17) is 4.63 Å². The number of nitrogens with zero attached hydrogens (tertiary/aromatic N) is 4. The third kappa shape index (κ3) is 2.79. The minimum Gasteiger partial charge on any atom is -0.339 e. The molecule has 1 aromatic heterocycles. The number of aromatic nitrogens is 2. The molecule has 2 aromatic carbocycles. The summed E-state index contributed by atoms with van der Waals surface area (Å²) in [5.74, 6) is 0.255. The molecule has 2 saturated heterocycles. The first kappa shape index (κ1) is 17.4. The van der Waals surface area contributed by atoms with Gasteiger partial charge in [0.15, 0.2) is 0 Å². The molecule has 2 aliphatic heterocycles. The van der Waals surface area contributed by atoms with E-state index >= 15 is 0 Å². The Morgan fingerprint density at radius 2 is 1.86 bits per heavy atom. The van der Waals surface area contributed by atoms with Crippen LogP contribution in [0.1, 0.15) is 36.3 Å². The van der Waals surface area contributed by atoms with Crippen molar-refractivity contribution in [1.29, 1.82) is 0 Å². The fraction of sp³-hybridized carbons (Fsp3) is 0.409. The number of hydrogen-bond acceptors (Lipinski definition) is 5. The molecule has 2 aliphatic rings. The summed E-state index contributed by atoms with van der Waals surface area (Å²) in [5, 5.41) is 7.99. The molecule has 1 spiro atoms. The largest absolute Gasteiger partial charge is 0.339 e. The zero-order chi connectivity index (χ0) is 19.1. The molecule has 5 rings (SSSR count). The first-order valence-electron chi connectivity index (χ1n) is 9.91. The minimum absolute atomic E-state index is 0.00676. The molecule has 6 heteroatoms. The number of piperidine rings is 1. The maximum absolute atomic E-state index is 13.0. The van der Waals surface area contributed by atoms with Crippen molar-refractivity contribution in [3.8, 4) is 0 Å². The molecular formula is C22H24N4O2. The predicted molar refractivity (Wildman–Crippen MR) is 106 cm³/mol. The van der Waals surface area contributed by atoms with E-state index in [0.29, 0.717) is 0 Å². The lowest BCUT2D eigenvalue weighted by atomic mass is 9.81. The standard InChI is InChI=1S/C22H24N4O2/c1-25-21(27)18(16-6-3-2-4-7-16)14-22(25)10-12-26(13-11-22)15-17-8-5-9-19-20(17)24-28-23-19/h2-9,18H,10-15H2,1H3. The van der Waals surface area contributed by atoms with Crippen LogP contribution in [0.5, 0.6) is 0 Å². The van der Waals surface area contributed by atoms with Gasteiger partial charge in [0.2, 0.25) is 5.91 Å². The maximum Gasteiger partial charge on any atom is 0.230 e. The highest BCUT2D eigenvalue weighted by Crippen LogP contribution is 2.45. The van der Waals surface area contributed by atoms with Gasteiger partial charge in [0.05, 0.1) is 5.92 Å². The van der Waals surface area contributed by atoms with E-state index in [1.54, 1.807) is 0 Å². The SMILES string of the molecule is CN1C(=O)C(c2ccccc2)CC12CCN(Cc1cccc3nonc13)CC2. The second kappa shape index (κ2) is 6.71. The van der Waals surface area contributed by atoms with Crippen LogP contribution in [-0.2, 0) is 11.3 Å². The lowest BCUT2D eigenvalue weighted by Gasteiger charge is -2.43. The number of likely N-dealkylation sites (N-methyl/N-ethyl adjacent to an activating group) is 1. The van der Waals surface area contributed by atoms with Crippen LogP contribution in [0.25, 0.3) is 11.0 Å². The molecule has 3 aromatic rings. The Labute approximate surface area is 164 Å². The molecule has 28 heavy (non-hydrogen) atoms. The van der Waals surface area contributed by atoms with Crippen LogP contribution in [0.3, 0.4) is 0 Å². The summed E-state index contributed by atoms with van der Waals surface area (Å²) in [6.07, 6.45) is 2.93. The van der Waals surface area contributed by atoms with Crippen LogP contribution >= 0.6 is 0 Å². The molecule has 0 saturated carbocycles. The lowest BCUT2D eigenvalue weighted by Crippen LogP contribution is -2.51. The van der Waals surface area contributed by atoms with Gasteiger partial charge in [0, 0.05) is 32.2 Å². The molecule has 0 bridgehead atoms. The van der Waals surface area contributed by atoms with E-state index in [1.165, 1.54) is 0 Å². The summed E-state index contributed by atoms with van der Waals surface area (Å²) < 4.78 is 4.89. The molecule has 0 N–H and O–H groups in total. The normalized spacial score (nSPS) is 22.4. The monoisotopic (exact) mass is 376 g/mol.